The maximum atomic E-state index is 12.6. The number of amides is 1. The first-order chi connectivity index (χ1) is 15.9. The minimum atomic E-state index is -0.216. The van der Waals surface area contributed by atoms with Crippen molar-refractivity contribution < 1.29 is 9.63 Å². The molecule has 1 amide bonds. The zero-order chi connectivity index (χ0) is 22.8. The number of likely N-dealkylation sites (tertiary alicyclic amines) is 1. The number of hydroxylamine groups is 2. The highest BCUT2D eigenvalue weighted by Crippen LogP contribution is 2.74. The van der Waals surface area contributed by atoms with Gasteiger partial charge in [0.25, 0.3) is 5.91 Å². The Kier molecular flexibility index (Phi) is 5.16. The van der Waals surface area contributed by atoms with Gasteiger partial charge < -0.3 is 4.57 Å². The molecule has 7 rings (SSSR count). The highest BCUT2D eigenvalue weighted by molar-refractivity contribution is 7.11. The van der Waals surface area contributed by atoms with Crippen LogP contribution in [0.2, 0.25) is 0 Å². The number of aromatic nitrogens is 4. The van der Waals surface area contributed by atoms with Gasteiger partial charge in [-0.15, -0.1) is 21.5 Å². The highest BCUT2D eigenvalue weighted by atomic mass is 32.1. The molecule has 1 saturated heterocycles. The molecule has 1 unspecified atom stereocenters. The van der Waals surface area contributed by atoms with Gasteiger partial charge in [-0.3, -0.25) is 14.5 Å². The second-order valence-corrected chi connectivity index (χ2v) is 11.9. The van der Waals surface area contributed by atoms with E-state index in [1.165, 1.54) is 58.0 Å². The number of thiazole rings is 1. The third-order valence-electron chi connectivity index (χ3n) is 8.53. The zero-order valence-electron chi connectivity index (χ0n) is 20.0. The van der Waals surface area contributed by atoms with Crippen LogP contribution in [0.1, 0.15) is 84.6 Å². The Morgan fingerprint density at radius 2 is 2.00 bits per heavy atom. The normalized spacial score (nSPS) is 30.9. The molecule has 9 heteroatoms. The Labute approximate surface area is 199 Å². The molecule has 4 heterocycles. The van der Waals surface area contributed by atoms with Crippen LogP contribution >= 0.6 is 11.3 Å². The molecule has 2 bridgehead atoms. The first kappa shape index (κ1) is 21.7. The zero-order valence-corrected chi connectivity index (χ0v) is 20.8. The molecule has 1 atom stereocenters. The maximum Gasteiger partial charge on any atom is 0.252 e. The fraction of sp³-hybridized carbons (Fsp3) is 0.750. The van der Waals surface area contributed by atoms with E-state index >= 15 is 0 Å². The number of carbonyl (C=O) groups is 1. The topological polar surface area (TPSA) is 76.4 Å². The van der Waals surface area contributed by atoms with Gasteiger partial charge in [0, 0.05) is 30.3 Å². The Balaban J connectivity index is 1.17. The molecular weight excluding hydrogens is 436 g/mol. The van der Waals surface area contributed by atoms with E-state index in [1.807, 2.05) is 11.3 Å². The van der Waals surface area contributed by atoms with Gasteiger partial charge in [0.1, 0.15) is 16.7 Å². The molecular formula is C24H34N6O2S. The average Bonchev–Trinajstić information content (AvgIpc) is 3.41. The van der Waals surface area contributed by atoms with Crippen molar-refractivity contribution in [2.45, 2.75) is 89.3 Å². The predicted molar refractivity (Wildman–Crippen MR) is 125 cm³/mol. The minimum Gasteiger partial charge on any atom is -0.314 e. The summed E-state index contributed by atoms with van der Waals surface area (Å²) in [5.74, 6) is 2.46. The molecule has 2 aromatic heterocycles. The van der Waals surface area contributed by atoms with Crippen LogP contribution < -0.4 is 0 Å². The van der Waals surface area contributed by atoms with Crippen molar-refractivity contribution in [1.29, 1.82) is 0 Å². The fourth-order valence-electron chi connectivity index (χ4n) is 6.93. The standard InChI is InChI=1S/C24H34N6O2S/c1-16-20(23-13-24(14-23,15-23)22(31)28(2)32-3)25-19(33-16)12-29-10-7-8-17(29)21-27-26-18-9-5-4-6-11-30(18)21/h17H,4-15H2,1-3H3. The molecule has 0 spiro atoms. The summed E-state index contributed by atoms with van der Waals surface area (Å²) in [5, 5.41) is 11.8. The van der Waals surface area contributed by atoms with E-state index in [-0.39, 0.29) is 16.7 Å². The van der Waals surface area contributed by atoms with Crippen LogP contribution in [-0.4, -0.2) is 56.3 Å². The number of carbonyl (C=O) groups excluding carboxylic acids is 1. The van der Waals surface area contributed by atoms with Crippen molar-refractivity contribution in [3.05, 3.63) is 27.2 Å². The molecule has 0 aromatic carbocycles. The lowest BCUT2D eigenvalue weighted by Gasteiger charge is -2.69. The molecule has 4 fully saturated rings. The lowest BCUT2D eigenvalue weighted by Crippen LogP contribution is -2.70. The number of hydrogen-bond donors (Lipinski definition) is 0. The Morgan fingerprint density at radius 1 is 1.18 bits per heavy atom. The van der Waals surface area contributed by atoms with Gasteiger partial charge in [-0.1, -0.05) is 6.42 Å². The summed E-state index contributed by atoms with van der Waals surface area (Å²) in [6, 6.07) is 0.345. The molecule has 2 aromatic rings. The molecule has 3 aliphatic carbocycles. The smallest absolute Gasteiger partial charge is 0.252 e. The Bertz CT molecular complexity index is 1060. The van der Waals surface area contributed by atoms with Crippen molar-refractivity contribution in [3.63, 3.8) is 0 Å². The number of aryl methyl sites for hydroxylation is 2. The SMILES string of the molecule is CON(C)C(=O)C12CC(c3nc(CN4CCCC4c4nnc5n4CCCCC5)sc3C)(C1)C2. The molecule has 5 aliphatic rings. The summed E-state index contributed by atoms with van der Waals surface area (Å²) >= 11 is 1.84. The highest BCUT2D eigenvalue weighted by Gasteiger charge is 2.73. The Hall–Kier alpha value is -1.84. The van der Waals surface area contributed by atoms with Gasteiger partial charge in [-0.05, 0) is 58.4 Å². The first-order valence-electron chi connectivity index (χ1n) is 12.4. The number of fused-ring (bicyclic) bond motifs is 1. The summed E-state index contributed by atoms with van der Waals surface area (Å²) in [6.07, 6.45) is 9.88. The van der Waals surface area contributed by atoms with Crippen LogP contribution in [0.15, 0.2) is 0 Å². The molecule has 33 heavy (non-hydrogen) atoms. The monoisotopic (exact) mass is 470 g/mol. The van der Waals surface area contributed by atoms with E-state index in [1.54, 1.807) is 14.2 Å². The second kappa shape index (κ2) is 7.85. The number of rotatable bonds is 6. The average molecular weight is 471 g/mol. The van der Waals surface area contributed by atoms with Crippen LogP contribution in [0.25, 0.3) is 0 Å². The van der Waals surface area contributed by atoms with Crippen molar-refractivity contribution in [2.75, 3.05) is 20.7 Å². The summed E-state index contributed by atoms with van der Waals surface area (Å²) in [7, 11) is 3.26. The minimum absolute atomic E-state index is 0.109. The van der Waals surface area contributed by atoms with Crippen molar-refractivity contribution in [1.82, 2.24) is 29.7 Å². The van der Waals surface area contributed by atoms with E-state index in [9.17, 15) is 4.79 Å². The van der Waals surface area contributed by atoms with Crippen molar-refractivity contribution in [2.24, 2.45) is 5.41 Å². The predicted octanol–water partition coefficient (Wildman–Crippen LogP) is 3.55. The molecule has 0 N–H and O–H groups in total. The van der Waals surface area contributed by atoms with Gasteiger partial charge in [-0.25, -0.2) is 10.0 Å². The number of nitrogens with zero attached hydrogens (tertiary/aromatic N) is 6. The summed E-state index contributed by atoms with van der Waals surface area (Å²) in [5.41, 5.74) is 1.13. The van der Waals surface area contributed by atoms with Gasteiger partial charge in [0.2, 0.25) is 0 Å². The Morgan fingerprint density at radius 3 is 2.79 bits per heavy atom. The first-order valence-corrected chi connectivity index (χ1v) is 13.2. The quantitative estimate of drug-likeness (QED) is 0.601. The van der Waals surface area contributed by atoms with E-state index in [0.717, 1.165) is 51.7 Å². The third-order valence-corrected chi connectivity index (χ3v) is 9.48. The molecule has 0 radical (unpaired) electrons. The summed E-state index contributed by atoms with van der Waals surface area (Å²) in [6.45, 7) is 5.23. The summed E-state index contributed by atoms with van der Waals surface area (Å²) < 4.78 is 2.41. The van der Waals surface area contributed by atoms with Crippen LogP contribution in [0.5, 0.6) is 0 Å². The van der Waals surface area contributed by atoms with Crippen molar-refractivity contribution >= 4 is 17.2 Å². The molecule has 3 saturated carbocycles. The lowest BCUT2D eigenvalue weighted by atomic mass is 9.34. The van der Waals surface area contributed by atoms with Crippen LogP contribution in [0.3, 0.4) is 0 Å². The number of hydrogen-bond acceptors (Lipinski definition) is 7. The van der Waals surface area contributed by atoms with Gasteiger partial charge in [-0.2, -0.15) is 0 Å². The summed E-state index contributed by atoms with van der Waals surface area (Å²) in [4.78, 5) is 26.8. The van der Waals surface area contributed by atoms with Crippen molar-refractivity contribution in [3.8, 4) is 0 Å². The maximum absolute atomic E-state index is 12.6. The van der Waals surface area contributed by atoms with E-state index in [2.05, 4.69) is 26.6 Å². The molecule has 178 valence electrons. The van der Waals surface area contributed by atoms with E-state index < -0.39 is 0 Å². The van der Waals surface area contributed by atoms with Crippen LogP contribution in [-0.2, 0) is 34.6 Å². The molecule has 8 nitrogen and oxygen atoms in total. The lowest BCUT2D eigenvalue weighted by molar-refractivity contribution is -0.218. The fourth-order valence-corrected chi connectivity index (χ4v) is 8.01. The van der Waals surface area contributed by atoms with E-state index in [0.29, 0.717) is 6.04 Å². The second-order valence-electron chi connectivity index (χ2n) is 10.7. The van der Waals surface area contributed by atoms with Gasteiger partial charge >= 0.3 is 0 Å². The van der Waals surface area contributed by atoms with Crippen LogP contribution in [0, 0.1) is 12.3 Å². The van der Waals surface area contributed by atoms with Crippen LogP contribution in [0.4, 0.5) is 0 Å². The largest absolute Gasteiger partial charge is 0.314 e. The van der Waals surface area contributed by atoms with E-state index in [4.69, 9.17) is 9.82 Å². The van der Waals surface area contributed by atoms with Gasteiger partial charge in [0.05, 0.1) is 30.8 Å². The van der Waals surface area contributed by atoms with Gasteiger partial charge in [0.15, 0.2) is 0 Å². The molecule has 2 aliphatic heterocycles. The third kappa shape index (κ3) is 3.30.